The van der Waals surface area contributed by atoms with Crippen LogP contribution in [-0.4, -0.2) is 5.91 Å². The van der Waals surface area contributed by atoms with Crippen LogP contribution in [0.3, 0.4) is 0 Å². The minimum atomic E-state index is -0.493. The van der Waals surface area contributed by atoms with E-state index in [1.807, 2.05) is 0 Å². The first-order valence-corrected chi connectivity index (χ1v) is 3.04. The van der Waals surface area contributed by atoms with Gasteiger partial charge in [0.05, 0.1) is 0 Å². The predicted octanol–water partition coefficient (Wildman–Crippen LogP) is 1.68. The Hall–Kier alpha value is -1.08. The summed E-state index contributed by atoms with van der Waals surface area (Å²) in [5, 5.41) is 11.1. The molecule has 0 aliphatic rings. The maximum atomic E-state index is 10.9. The van der Waals surface area contributed by atoms with E-state index in [4.69, 9.17) is 5.26 Å². The van der Waals surface area contributed by atoms with E-state index in [-0.39, 0.29) is 22.4 Å². The van der Waals surface area contributed by atoms with Gasteiger partial charge < -0.3 is 10.6 Å². The number of nitriles is 1. The molecule has 0 spiro atoms. The van der Waals surface area contributed by atoms with Gasteiger partial charge in [-0.1, -0.05) is 36.5 Å². The predicted molar refractivity (Wildman–Crippen MR) is 39.7 cm³/mol. The van der Waals surface area contributed by atoms with E-state index in [0.29, 0.717) is 5.56 Å². The molecule has 0 heterocycles. The van der Waals surface area contributed by atoms with Crippen LogP contribution in [0.1, 0.15) is 10.4 Å². The van der Waals surface area contributed by atoms with Gasteiger partial charge in [0.15, 0.2) is 5.91 Å². The fraction of sp³-hybridized carbons (Fsp3) is 0. The zero-order valence-corrected chi connectivity index (χ0v) is 7.47. The van der Waals surface area contributed by atoms with Crippen molar-refractivity contribution >= 4 is 5.91 Å². The molecule has 1 aromatic rings. The van der Waals surface area contributed by atoms with E-state index in [1.165, 1.54) is 6.19 Å². The average Bonchev–Trinajstić information content (AvgIpc) is 2.07. The third-order valence-electron chi connectivity index (χ3n) is 1.17. The van der Waals surface area contributed by atoms with Crippen LogP contribution in [-0.2, 0) is 22.4 Å². The van der Waals surface area contributed by atoms with Crippen molar-refractivity contribution in [2.24, 2.45) is 0 Å². The average molecular weight is 253 g/mol. The monoisotopic (exact) mass is 252 g/mol. The van der Waals surface area contributed by atoms with Crippen molar-refractivity contribution in [3.63, 3.8) is 0 Å². The smallest absolute Gasteiger partial charge is 0.494 e. The van der Waals surface area contributed by atoms with Crippen molar-refractivity contribution in [3.05, 3.63) is 41.2 Å². The molecule has 1 aromatic carbocycles. The Morgan fingerprint density at radius 3 is 2.42 bits per heavy atom. The molecule has 0 bridgehead atoms. The molecule has 3 nitrogen and oxygen atoms in total. The van der Waals surface area contributed by atoms with Crippen LogP contribution in [0.25, 0.3) is 5.32 Å². The summed E-state index contributed by atoms with van der Waals surface area (Å²) >= 11 is 0. The van der Waals surface area contributed by atoms with Crippen LogP contribution >= 0.6 is 0 Å². The Morgan fingerprint density at radius 2 is 1.92 bits per heavy atom. The van der Waals surface area contributed by atoms with Gasteiger partial charge in [-0.15, -0.1) is 0 Å². The summed E-state index contributed by atoms with van der Waals surface area (Å²) in [5.41, 5.74) is 0.439. The Balaban J connectivity index is 0.00000121. The molecule has 0 unspecified atom stereocenters. The quantitative estimate of drug-likeness (QED) is 0.564. The van der Waals surface area contributed by atoms with Gasteiger partial charge >= 0.3 is 22.4 Å². The van der Waals surface area contributed by atoms with E-state index in [0.717, 1.165) is 0 Å². The molecule has 64 valence electrons. The Kier molecular flexibility index (Phi) is 5.06. The molecule has 0 fully saturated rings. The fourth-order valence-electron chi connectivity index (χ4n) is 0.691. The van der Waals surface area contributed by atoms with E-state index >= 15 is 0 Å². The first-order chi connectivity index (χ1) is 5.34. The van der Waals surface area contributed by atoms with E-state index < -0.39 is 5.91 Å². The number of hydrogen-bond donors (Lipinski definition) is 0. The molecule has 0 aliphatic heterocycles. The summed E-state index contributed by atoms with van der Waals surface area (Å²) < 4.78 is 0. The molecule has 0 N–H and O–H groups in total. The van der Waals surface area contributed by atoms with Gasteiger partial charge in [0.1, 0.15) is 0 Å². The number of nitrogens with zero attached hydrogens (tertiary/aromatic N) is 2. The maximum absolute atomic E-state index is 10.9. The summed E-state index contributed by atoms with van der Waals surface area (Å²) in [4.78, 5) is 10.9. The molecule has 0 saturated heterocycles. The largest absolute Gasteiger partial charge is 1.00 e. The van der Waals surface area contributed by atoms with Gasteiger partial charge in [-0.25, -0.2) is 0 Å². The van der Waals surface area contributed by atoms with Crippen molar-refractivity contribution < 1.29 is 27.2 Å². The van der Waals surface area contributed by atoms with Crippen molar-refractivity contribution in [2.45, 2.75) is 0 Å². The zero-order chi connectivity index (χ0) is 8.10. The summed E-state index contributed by atoms with van der Waals surface area (Å²) in [6, 6.07) is 8.47. The molecule has 0 aromatic heterocycles. The minimum Gasteiger partial charge on any atom is -0.494 e. The Labute approximate surface area is 85.9 Å². The van der Waals surface area contributed by atoms with Crippen molar-refractivity contribution in [1.82, 2.24) is 0 Å². The van der Waals surface area contributed by atoms with Crippen molar-refractivity contribution in [3.8, 4) is 6.19 Å². The molecule has 0 aliphatic carbocycles. The molecule has 4 heteroatoms. The van der Waals surface area contributed by atoms with Crippen LogP contribution in [0.2, 0.25) is 0 Å². The van der Waals surface area contributed by atoms with Crippen LogP contribution in [0.5, 0.6) is 0 Å². The number of rotatable bonds is 1. The molecule has 0 saturated carbocycles. The first kappa shape index (κ1) is 10.9. The summed E-state index contributed by atoms with van der Waals surface area (Å²) in [7, 11) is 0. The van der Waals surface area contributed by atoms with Gasteiger partial charge in [-0.05, 0) is 0 Å². The van der Waals surface area contributed by atoms with E-state index in [9.17, 15) is 4.79 Å². The van der Waals surface area contributed by atoms with Gasteiger partial charge in [-0.3, -0.25) is 4.79 Å². The second kappa shape index (κ2) is 5.56. The standard InChI is InChI=1S/C8H6N2O.Ag/c9-6-10-8(11)7-4-2-1-3-5-7;/h1-5H,(H,10,11);/q;+1/p-1. The zero-order valence-electron chi connectivity index (χ0n) is 5.99. The van der Waals surface area contributed by atoms with E-state index in [1.54, 1.807) is 30.3 Å². The number of amides is 1. The second-order valence-electron chi connectivity index (χ2n) is 1.88. The maximum Gasteiger partial charge on any atom is 1.00 e. The molecule has 1 amide bonds. The molecular weight excluding hydrogens is 248 g/mol. The van der Waals surface area contributed by atoms with Crippen LogP contribution < -0.4 is 0 Å². The number of carbonyl (C=O) groups is 1. The number of benzene rings is 1. The summed E-state index contributed by atoms with van der Waals surface area (Å²) in [6.45, 7) is 0. The Bertz CT molecular complexity index is 292. The first-order valence-electron chi connectivity index (χ1n) is 3.04. The fourth-order valence-corrected chi connectivity index (χ4v) is 0.691. The topological polar surface area (TPSA) is 55.0 Å². The number of carbonyl (C=O) groups excluding carboxylic acids is 1. The minimum absolute atomic E-state index is 0. The molecule has 0 radical (unpaired) electrons. The van der Waals surface area contributed by atoms with Crippen LogP contribution in [0.15, 0.2) is 30.3 Å². The molecule has 0 atom stereocenters. The third-order valence-corrected chi connectivity index (χ3v) is 1.17. The molecule has 12 heavy (non-hydrogen) atoms. The molecule has 1 rings (SSSR count). The van der Waals surface area contributed by atoms with Crippen LogP contribution in [0, 0.1) is 11.5 Å². The summed E-state index contributed by atoms with van der Waals surface area (Å²) in [6.07, 6.45) is 1.44. The van der Waals surface area contributed by atoms with Crippen molar-refractivity contribution in [2.75, 3.05) is 0 Å². The third kappa shape index (κ3) is 2.89. The SMILES string of the molecule is N#C[N-]C(=O)c1ccccc1.[Ag+]. The summed E-state index contributed by atoms with van der Waals surface area (Å²) in [5.74, 6) is -0.493. The number of hydrogen-bond acceptors (Lipinski definition) is 2. The van der Waals surface area contributed by atoms with Gasteiger partial charge in [0.2, 0.25) is 0 Å². The van der Waals surface area contributed by atoms with Gasteiger partial charge in [0, 0.05) is 5.56 Å². The Morgan fingerprint density at radius 1 is 1.33 bits per heavy atom. The normalized spacial score (nSPS) is 7.58. The van der Waals surface area contributed by atoms with Gasteiger partial charge in [0.25, 0.3) is 0 Å². The van der Waals surface area contributed by atoms with E-state index in [2.05, 4.69) is 5.32 Å². The van der Waals surface area contributed by atoms with Crippen molar-refractivity contribution in [1.29, 1.82) is 5.26 Å². The van der Waals surface area contributed by atoms with Gasteiger partial charge in [-0.2, -0.15) is 0 Å². The second-order valence-corrected chi connectivity index (χ2v) is 1.88. The molecular formula is C8H5AgN2O. The van der Waals surface area contributed by atoms with Crippen LogP contribution in [0.4, 0.5) is 0 Å².